The molecule has 2 saturated heterocycles. The average Bonchev–Trinajstić information content (AvgIpc) is 3.13. The fourth-order valence-electron chi connectivity index (χ4n) is 4.23. The van der Waals surface area contributed by atoms with Gasteiger partial charge in [0.2, 0.25) is 0 Å². The lowest BCUT2D eigenvalue weighted by Crippen LogP contribution is -2.41. The van der Waals surface area contributed by atoms with E-state index in [0.29, 0.717) is 16.7 Å². The minimum Gasteiger partial charge on any atom is -0.456 e. The summed E-state index contributed by atoms with van der Waals surface area (Å²) < 4.78 is 30.7. The van der Waals surface area contributed by atoms with Gasteiger partial charge in [0.05, 0.1) is 27.8 Å². The lowest BCUT2D eigenvalue weighted by molar-refractivity contribution is 0.00578. The summed E-state index contributed by atoms with van der Waals surface area (Å²) in [5.41, 5.74) is 1.21. The van der Waals surface area contributed by atoms with Gasteiger partial charge in [-0.1, -0.05) is 30.3 Å². The van der Waals surface area contributed by atoms with E-state index in [1.54, 1.807) is 12.1 Å². The molecule has 8 heteroatoms. The molecule has 0 N–H and O–H groups in total. The molecule has 0 radical (unpaired) electrons. The Bertz CT molecular complexity index is 1310. The smallest absolute Gasteiger partial charge is 0.456 e. The second-order valence-corrected chi connectivity index (χ2v) is 11.5. The van der Waals surface area contributed by atoms with Gasteiger partial charge >= 0.3 is 14.2 Å². The molecular formula is C27H32B2O6. The summed E-state index contributed by atoms with van der Waals surface area (Å²) in [5, 5.41) is 0.495. The molecule has 5 rings (SSSR count). The summed E-state index contributed by atoms with van der Waals surface area (Å²) in [6.07, 6.45) is 0. The first-order chi connectivity index (χ1) is 16.2. The molecule has 3 heterocycles. The van der Waals surface area contributed by atoms with Crippen LogP contribution in [0, 0.1) is 0 Å². The predicted molar refractivity (Wildman–Crippen MR) is 139 cm³/mol. The van der Waals surface area contributed by atoms with Crippen LogP contribution in [0.4, 0.5) is 0 Å². The molecule has 0 saturated carbocycles. The van der Waals surface area contributed by atoms with E-state index in [9.17, 15) is 4.79 Å². The van der Waals surface area contributed by atoms with Gasteiger partial charge in [-0.15, -0.1) is 0 Å². The van der Waals surface area contributed by atoms with Crippen molar-refractivity contribution in [3.05, 3.63) is 58.8 Å². The minimum atomic E-state index is -0.536. The van der Waals surface area contributed by atoms with Crippen molar-refractivity contribution in [1.82, 2.24) is 0 Å². The molecule has 3 aromatic rings. The van der Waals surface area contributed by atoms with Gasteiger partial charge in [-0.2, -0.15) is 0 Å². The third-order valence-electron chi connectivity index (χ3n) is 8.00. The lowest BCUT2D eigenvalue weighted by Gasteiger charge is -2.32. The monoisotopic (exact) mass is 474 g/mol. The summed E-state index contributed by atoms with van der Waals surface area (Å²) in [5.74, 6) is 0.506. The Morgan fingerprint density at radius 3 is 1.57 bits per heavy atom. The topological polar surface area (TPSA) is 67.1 Å². The lowest BCUT2D eigenvalue weighted by atomic mass is 9.78. The van der Waals surface area contributed by atoms with Crippen LogP contribution in [0.1, 0.15) is 55.4 Å². The molecule has 0 atom stereocenters. The first-order valence-corrected chi connectivity index (χ1v) is 12.1. The van der Waals surface area contributed by atoms with E-state index in [-0.39, 0.29) is 5.43 Å². The van der Waals surface area contributed by atoms with Crippen LogP contribution in [-0.2, 0) is 18.6 Å². The molecule has 0 unspecified atom stereocenters. The molecule has 2 aliphatic rings. The highest BCUT2D eigenvalue weighted by Gasteiger charge is 2.52. The van der Waals surface area contributed by atoms with Crippen molar-refractivity contribution in [2.45, 2.75) is 77.8 Å². The maximum absolute atomic E-state index is 13.0. The van der Waals surface area contributed by atoms with Crippen LogP contribution in [0.15, 0.2) is 57.7 Å². The molecule has 2 aliphatic heterocycles. The largest absolute Gasteiger partial charge is 0.494 e. The van der Waals surface area contributed by atoms with Crippen LogP contribution in [-0.4, -0.2) is 36.6 Å². The SMILES string of the molecule is CC1(C)OB(c2ccc(-c3cc(=O)c4cc(B5OC(C)(C)C(C)(C)O5)ccc4o3)cc2)OC1(C)C. The second kappa shape index (κ2) is 7.81. The fourth-order valence-corrected chi connectivity index (χ4v) is 4.23. The second-order valence-electron chi connectivity index (χ2n) is 11.5. The molecular weight excluding hydrogens is 442 g/mol. The van der Waals surface area contributed by atoms with Gasteiger partial charge in [-0.25, -0.2) is 0 Å². The third kappa shape index (κ3) is 4.06. The molecule has 1 aromatic heterocycles. The summed E-state index contributed by atoms with van der Waals surface area (Å²) >= 11 is 0. The third-order valence-corrected chi connectivity index (χ3v) is 8.00. The molecule has 35 heavy (non-hydrogen) atoms. The highest BCUT2D eigenvalue weighted by Crippen LogP contribution is 2.37. The van der Waals surface area contributed by atoms with Crippen molar-refractivity contribution in [1.29, 1.82) is 0 Å². The van der Waals surface area contributed by atoms with Gasteiger partial charge in [0.15, 0.2) is 5.43 Å². The Hall–Kier alpha value is -2.38. The fraction of sp³-hybridized carbons (Fsp3) is 0.444. The van der Waals surface area contributed by atoms with Gasteiger partial charge in [-0.05, 0) is 78.4 Å². The summed E-state index contributed by atoms with van der Waals surface area (Å²) in [4.78, 5) is 13.0. The zero-order chi connectivity index (χ0) is 25.4. The highest BCUT2D eigenvalue weighted by molar-refractivity contribution is 6.62. The molecule has 2 fully saturated rings. The first kappa shape index (κ1) is 24.3. The Balaban J connectivity index is 1.41. The van der Waals surface area contributed by atoms with Gasteiger partial charge in [0.1, 0.15) is 11.3 Å². The predicted octanol–water partition coefficient (Wildman–Crippen LogP) is 4.06. The van der Waals surface area contributed by atoms with E-state index in [1.807, 2.05) is 85.7 Å². The number of fused-ring (bicyclic) bond motifs is 1. The summed E-state index contributed by atoms with van der Waals surface area (Å²) in [6, 6.07) is 14.8. The number of hydrogen-bond donors (Lipinski definition) is 0. The minimum absolute atomic E-state index is 0.116. The van der Waals surface area contributed by atoms with Crippen LogP contribution >= 0.6 is 0 Å². The normalized spacial score (nSPS) is 22.2. The molecule has 182 valence electrons. The van der Waals surface area contributed by atoms with Crippen LogP contribution in [0.5, 0.6) is 0 Å². The van der Waals surface area contributed by atoms with Crippen molar-refractivity contribution in [3.63, 3.8) is 0 Å². The van der Waals surface area contributed by atoms with Crippen molar-refractivity contribution in [2.75, 3.05) is 0 Å². The Morgan fingerprint density at radius 2 is 1.06 bits per heavy atom. The standard InChI is InChI=1S/C27H32B2O6/c1-24(2)25(3,4)33-28(32-24)18-11-9-17(10-12-18)23-16-21(30)20-15-19(13-14-22(20)31-23)29-34-26(5,6)27(7,8)35-29/h9-16H,1-8H3. The van der Waals surface area contributed by atoms with E-state index in [2.05, 4.69) is 0 Å². The summed E-state index contributed by atoms with van der Waals surface area (Å²) in [6.45, 7) is 16.2. The zero-order valence-corrected chi connectivity index (χ0v) is 21.7. The quantitative estimate of drug-likeness (QED) is 0.534. The van der Waals surface area contributed by atoms with Crippen LogP contribution in [0.2, 0.25) is 0 Å². The van der Waals surface area contributed by atoms with E-state index in [4.69, 9.17) is 23.0 Å². The van der Waals surface area contributed by atoms with Crippen molar-refractivity contribution in [2.24, 2.45) is 0 Å². The number of rotatable bonds is 3. The van der Waals surface area contributed by atoms with Gasteiger partial charge in [-0.3, -0.25) is 4.79 Å². The molecule has 6 nitrogen and oxygen atoms in total. The molecule has 2 aromatic carbocycles. The maximum atomic E-state index is 13.0. The Labute approximate surface area is 207 Å². The van der Waals surface area contributed by atoms with E-state index >= 15 is 0 Å². The van der Waals surface area contributed by atoms with Crippen molar-refractivity contribution >= 4 is 36.1 Å². The highest BCUT2D eigenvalue weighted by atomic mass is 16.7. The van der Waals surface area contributed by atoms with Crippen LogP contribution in [0.25, 0.3) is 22.3 Å². The Morgan fingerprint density at radius 1 is 0.600 bits per heavy atom. The molecule has 0 aliphatic carbocycles. The summed E-state index contributed by atoms with van der Waals surface area (Å²) in [7, 11) is -0.975. The first-order valence-electron chi connectivity index (χ1n) is 12.1. The molecule has 0 amide bonds. The van der Waals surface area contributed by atoms with E-state index in [0.717, 1.165) is 16.5 Å². The van der Waals surface area contributed by atoms with Crippen molar-refractivity contribution in [3.8, 4) is 11.3 Å². The van der Waals surface area contributed by atoms with E-state index in [1.165, 1.54) is 6.07 Å². The van der Waals surface area contributed by atoms with Gasteiger partial charge in [0.25, 0.3) is 0 Å². The van der Waals surface area contributed by atoms with Gasteiger partial charge in [0, 0.05) is 11.6 Å². The van der Waals surface area contributed by atoms with Crippen LogP contribution in [0.3, 0.4) is 0 Å². The molecule has 0 bridgehead atoms. The van der Waals surface area contributed by atoms with Crippen LogP contribution < -0.4 is 16.4 Å². The number of hydrogen-bond acceptors (Lipinski definition) is 6. The maximum Gasteiger partial charge on any atom is 0.494 e. The Kier molecular flexibility index (Phi) is 5.43. The van der Waals surface area contributed by atoms with Gasteiger partial charge < -0.3 is 23.0 Å². The molecule has 0 spiro atoms. The van der Waals surface area contributed by atoms with E-state index < -0.39 is 36.6 Å². The number of benzene rings is 2. The average molecular weight is 474 g/mol. The van der Waals surface area contributed by atoms with Crippen molar-refractivity contribution < 1.29 is 23.0 Å². The zero-order valence-electron chi connectivity index (χ0n) is 21.7.